The quantitative estimate of drug-likeness (QED) is 0.528. The Kier molecular flexibility index (Phi) is 6.89. The minimum atomic E-state index is -0.0100. The zero-order chi connectivity index (χ0) is 16.7. The molecule has 0 heterocycles. The number of carbonyl (C=O) groups excluding carboxylic acids is 1. The second kappa shape index (κ2) is 8.91. The number of nitrogens with one attached hydrogen (secondary N) is 1. The molecule has 2 rings (SSSR count). The topological polar surface area (TPSA) is 38.3 Å². The number of halogens is 1. The molecular formula is C19H22INO2. The zero-order valence-corrected chi connectivity index (χ0v) is 15.7. The van der Waals surface area contributed by atoms with Crippen LogP contribution in [0.25, 0.3) is 0 Å². The summed E-state index contributed by atoms with van der Waals surface area (Å²) in [4.78, 5) is 12.0. The van der Waals surface area contributed by atoms with Crippen molar-refractivity contribution in [3.8, 4) is 5.75 Å². The molecule has 0 fully saturated rings. The summed E-state index contributed by atoms with van der Waals surface area (Å²) in [7, 11) is 0. The monoisotopic (exact) mass is 423 g/mol. The standard InChI is InChI=1S/C19H22INO2/c1-14(2)23-18-10-8-15(9-11-18)5-4-12-21-19(22)16-6-3-7-17(20)13-16/h3,6-11,13-14H,4-5,12H2,1-2H3,(H,21,22). The molecule has 0 saturated heterocycles. The number of benzene rings is 2. The number of hydrogen-bond acceptors (Lipinski definition) is 2. The summed E-state index contributed by atoms with van der Waals surface area (Å²) in [6.45, 7) is 4.71. The van der Waals surface area contributed by atoms with Crippen LogP contribution in [0.15, 0.2) is 48.5 Å². The van der Waals surface area contributed by atoms with Gasteiger partial charge in [0.25, 0.3) is 5.91 Å². The minimum absolute atomic E-state index is 0.0100. The van der Waals surface area contributed by atoms with Gasteiger partial charge < -0.3 is 10.1 Å². The van der Waals surface area contributed by atoms with E-state index in [2.05, 4.69) is 40.0 Å². The molecule has 2 aromatic carbocycles. The largest absolute Gasteiger partial charge is 0.491 e. The Bertz CT molecular complexity index is 638. The molecule has 0 aromatic heterocycles. The third-order valence-corrected chi connectivity index (χ3v) is 3.98. The van der Waals surface area contributed by atoms with Crippen molar-refractivity contribution in [2.24, 2.45) is 0 Å². The van der Waals surface area contributed by atoms with Gasteiger partial charge in [-0.2, -0.15) is 0 Å². The average Bonchev–Trinajstić information content (AvgIpc) is 2.52. The molecule has 0 aliphatic heterocycles. The Morgan fingerprint density at radius 3 is 2.57 bits per heavy atom. The summed E-state index contributed by atoms with van der Waals surface area (Å²) in [5.74, 6) is 0.889. The molecule has 0 saturated carbocycles. The van der Waals surface area contributed by atoms with Crippen molar-refractivity contribution < 1.29 is 9.53 Å². The highest BCUT2D eigenvalue weighted by Crippen LogP contribution is 2.14. The first-order valence-electron chi connectivity index (χ1n) is 7.84. The zero-order valence-electron chi connectivity index (χ0n) is 13.5. The van der Waals surface area contributed by atoms with E-state index in [0.717, 1.165) is 22.2 Å². The maximum atomic E-state index is 12.0. The van der Waals surface area contributed by atoms with Crippen LogP contribution in [-0.2, 0) is 6.42 Å². The molecule has 0 radical (unpaired) electrons. The third kappa shape index (κ3) is 6.22. The lowest BCUT2D eigenvalue weighted by molar-refractivity contribution is 0.0953. The lowest BCUT2D eigenvalue weighted by atomic mass is 10.1. The lowest BCUT2D eigenvalue weighted by Crippen LogP contribution is -2.24. The summed E-state index contributed by atoms with van der Waals surface area (Å²) < 4.78 is 6.70. The van der Waals surface area contributed by atoms with Gasteiger partial charge in [0.1, 0.15) is 5.75 Å². The van der Waals surface area contributed by atoms with E-state index in [9.17, 15) is 4.79 Å². The average molecular weight is 423 g/mol. The molecule has 0 bridgehead atoms. The normalized spacial score (nSPS) is 10.6. The third-order valence-electron chi connectivity index (χ3n) is 3.31. The van der Waals surface area contributed by atoms with Crippen molar-refractivity contribution >= 4 is 28.5 Å². The molecule has 0 atom stereocenters. The number of carbonyl (C=O) groups is 1. The van der Waals surface area contributed by atoms with E-state index in [1.54, 1.807) is 0 Å². The van der Waals surface area contributed by atoms with Gasteiger partial charge in [-0.15, -0.1) is 0 Å². The van der Waals surface area contributed by atoms with Crippen LogP contribution < -0.4 is 10.1 Å². The highest BCUT2D eigenvalue weighted by atomic mass is 127. The van der Waals surface area contributed by atoms with E-state index in [1.165, 1.54) is 5.56 Å². The fourth-order valence-electron chi connectivity index (χ4n) is 2.23. The van der Waals surface area contributed by atoms with Crippen LogP contribution in [0.2, 0.25) is 0 Å². The Labute approximate surface area is 151 Å². The highest BCUT2D eigenvalue weighted by Gasteiger charge is 2.05. The van der Waals surface area contributed by atoms with E-state index in [-0.39, 0.29) is 12.0 Å². The van der Waals surface area contributed by atoms with Crippen LogP contribution in [0.5, 0.6) is 5.75 Å². The summed E-state index contributed by atoms with van der Waals surface area (Å²) in [5.41, 5.74) is 1.97. The van der Waals surface area contributed by atoms with Gasteiger partial charge in [0.05, 0.1) is 6.10 Å². The Balaban J connectivity index is 1.74. The summed E-state index contributed by atoms with van der Waals surface area (Å²) in [5, 5.41) is 2.97. The van der Waals surface area contributed by atoms with Crippen molar-refractivity contribution in [1.82, 2.24) is 5.32 Å². The van der Waals surface area contributed by atoms with Crippen molar-refractivity contribution in [1.29, 1.82) is 0 Å². The molecule has 4 heteroatoms. The molecule has 1 N–H and O–H groups in total. The van der Waals surface area contributed by atoms with Crippen LogP contribution in [0.1, 0.15) is 36.2 Å². The van der Waals surface area contributed by atoms with Gasteiger partial charge in [-0.3, -0.25) is 4.79 Å². The van der Waals surface area contributed by atoms with Gasteiger partial charge in [0.2, 0.25) is 0 Å². The molecule has 0 aliphatic carbocycles. The maximum Gasteiger partial charge on any atom is 0.251 e. The molecule has 2 aromatic rings. The Hall–Kier alpha value is -1.56. The smallest absolute Gasteiger partial charge is 0.251 e. The fourth-order valence-corrected chi connectivity index (χ4v) is 2.78. The van der Waals surface area contributed by atoms with Gasteiger partial charge in [-0.05, 0) is 85.2 Å². The van der Waals surface area contributed by atoms with Crippen molar-refractivity contribution in [3.63, 3.8) is 0 Å². The van der Waals surface area contributed by atoms with Crippen molar-refractivity contribution in [2.75, 3.05) is 6.54 Å². The van der Waals surface area contributed by atoms with E-state index in [1.807, 2.05) is 50.2 Å². The molecule has 0 unspecified atom stereocenters. The van der Waals surface area contributed by atoms with Crippen molar-refractivity contribution in [2.45, 2.75) is 32.8 Å². The molecule has 0 aliphatic rings. The first-order valence-corrected chi connectivity index (χ1v) is 8.92. The predicted octanol–water partition coefficient (Wildman–Crippen LogP) is 4.44. The fraction of sp³-hybridized carbons (Fsp3) is 0.316. The number of ether oxygens (including phenoxy) is 1. The molecular weight excluding hydrogens is 401 g/mol. The van der Waals surface area contributed by atoms with Gasteiger partial charge >= 0.3 is 0 Å². The van der Waals surface area contributed by atoms with Crippen LogP contribution >= 0.6 is 22.6 Å². The summed E-state index contributed by atoms with van der Waals surface area (Å²) >= 11 is 2.21. The maximum absolute atomic E-state index is 12.0. The SMILES string of the molecule is CC(C)Oc1ccc(CCCNC(=O)c2cccc(I)c2)cc1. The molecule has 3 nitrogen and oxygen atoms in total. The second-order valence-corrected chi connectivity index (χ2v) is 6.93. The van der Waals surface area contributed by atoms with E-state index >= 15 is 0 Å². The molecule has 1 amide bonds. The second-order valence-electron chi connectivity index (χ2n) is 5.68. The van der Waals surface area contributed by atoms with Crippen LogP contribution in [0, 0.1) is 3.57 Å². The molecule has 122 valence electrons. The van der Waals surface area contributed by atoms with Crippen molar-refractivity contribution in [3.05, 3.63) is 63.2 Å². The van der Waals surface area contributed by atoms with Gasteiger partial charge in [-0.25, -0.2) is 0 Å². The minimum Gasteiger partial charge on any atom is -0.491 e. The van der Waals surface area contributed by atoms with Crippen LogP contribution in [0.4, 0.5) is 0 Å². The lowest BCUT2D eigenvalue weighted by Gasteiger charge is -2.10. The van der Waals surface area contributed by atoms with E-state index in [0.29, 0.717) is 12.1 Å². The number of amides is 1. The summed E-state index contributed by atoms with van der Waals surface area (Å²) in [6, 6.07) is 15.8. The molecule has 0 spiro atoms. The number of rotatable bonds is 7. The highest BCUT2D eigenvalue weighted by molar-refractivity contribution is 14.1. The number of aryl methyl sites for hydroxylation is 1. The van der Waals surface area contributed by atoms with Gasteiger partial charge in [0.15, 0.2) is 0 Å². The van der Waals surface area contributed by atoms with E-state index < -0.39 is 0 Å². The van der Waals surface area contributed by atoms with Gasteiger partial charge in [-0.1, -0.05) is 18.2 Å². The Morgan fingerprint density at radius 1 is 1.17 bits per heavy atom. The van der Waals surface area contributed by atoms with Crippen LogP contribution in [-0.4, -0.2) is 18.6 Å². The first-order chi connectivity index (χ1) is 11.0. The van der Waals surface area contributed by atoms with Crippen LogP contribution in [0.3, 0.4) is 0 Å². The predicted molar refractivity (Wildman–Crippen MR) is 102 cm³/mol. The van der Waals surface area contributed by atoms with E-state index in [4.69, 9.17) is 4.74 Å². The molecule has 23 heavy (non-hydrogen) atoms. The Morgan fingerprint density at radius 2 is 1.91 bits per heavy atom. The summed E-state index contributed by atoms with van der Waals surface area (Å²) in [6.07, 6.45) is 2.05. The van der Waals surface area contributed by atoms with Gasteiger partial charge in [0, 0.05) is 15.7 Å². The first kappa shape index (κ1) is 17.8. The number of hydrogen-bond donors (Lipinski definition) is 1.